The molecular weight excluding hydrogens is 216 g/mol. The molecule has 0 saturated heterocycles. The largest absolute Gasteiger partial charge is 0.373 e. The molecule has 0 fully saturated rings. The van der Waals surface area contributed by atoms with Gasteiger partial charge in [-0.3, -0.25) is 0 Å². The Morgan fingerprint density at radius 3 is 2.76 bits per heavy atom. The van der Waals surface area contributed by atoms with Crippen molar-refractivity contribution in [2.24, 2.45) is 0 Å². The highest BCUT2D eigenvalue weighted by molar-refractivity contribution is 5.73. The second-order valence-electron chi connectivity index (χ2n) is 4.19. The Hall–Kier alpha value is -1.62. The van der Waals surface area contributed by atoms with E-state index in [1.54, 1.807) is 7.11 Å². The molecule has 0 bridgehead atoms. The van der Waals surface area contributed by atoms with Crippen molar-refractivity contribution < 1.29 is 4.74 Å². The van der Waals surface area contributed by atoms with Crippen molar-refractivity contribution in [1.82, 2.24) is 15.0 Å². The summed E-state index contributed by atoms with van der Waals surface area (Å²) < 4.78 is 5.52. The van der Waals surface area contributed by atoms with Crippen molar-refractivity contribution >= 4 is 17.0 Å². The average molecular weight is 234 g/mol. The van der Waals surface area contributed by atoms with E-state index in [2.05, 4.69) is 27.2 Å². The maximum atomic E-state index is 5.52. The Morgan fingerprint density at radius 1 is 1.41 bits per heavy atom. The summed E-state index contributed by atoms with van der Waals surface area (Å²) in [5, 5.41) is 3.00. The van der Waals surface area contributed by atoms with Crippen LogP contribution in [-0.4, -0.2) is 29.1 Å². The Bertz CT molecular complexity index is 516. The number of nitrogens with one attached hydrogen (secondary N) is 2. The van der Waals surface area contributed by atoms with Crippen LogP contribution in [0, 0.1) is 0 Å². The molecule has 2 aromatic rings. The highest BCUT2D eigenvalue weighted by atomic mass is 16.5. The van der Waals surface area contributed by atoms with E-state index >= 15 is 0 Å². The van der Waals surface area contributed by atoms with E-state index < -0.39 is 0 Å². The van der Waals surface area contributed by atoms with Crippen molar-refractivity contribution in [1.29, 1.82) is 0 Å². The van der Waals surface area contributed by atoms with Gasteiger partial charge in [-0.25, -0.2) is 9.97 Å². The molecule has 2 rings (SSSR count). The first-order chi connectivity index (χ1) is 8.12. The monoisotopic (exact) mass is 234 g/mol. The van der Waals surface area contributed by atoms with Crippen molar-refractivity contribution in [3.63, 3.8) is 0 Å². The number of nitrogens with zero attached hydrogens (tertiary/aromatic N) is 2. The Kier molecular flexibility index (Phi) is 3.02. The van der Waals surface area contributed by atoms with Gasteiger partial charge in [0.05, 0.1) is 5.52 Å². The van der Waals surface area contributed by atoms with Gasteiger partial charge >= 0.3 is 0 Å². The predicted molar refractivity (Wildman–Crippen MR) is 68.1 cm³/mol. The molecule has 0 saturated carbocycles. The van der Waals surface area contributed by atoms with E-state index in [1.165, 1.54) is 0 Å². The van der Waals surface area contributed by atoms with Crippen LogP contribution >= 0.6 is 0 Å². The summed E-state index contributed by atoms with van der Waals surface area (Å²) in [4.78, 5) is 12.2. The molecule has 5 nitrogen and oxygen atoms in total. The van der Waals surface area contributed by atoms with Gasteiger partial charge in [0, 0.05) is 14.2 Å². The van der Waals surface area contributed by atoms with Gasteiger partial charge in [-0.05, 0) is 25.5 Å². The highest BCUT2D eigenvalue weighted by Gasteiger charge is 2.27. The minimum absolute atomic E-state index is 0.388. The maximum Gasteiger partial charge on any atom is 0.179 e. The van der Waals surface area contributed by atoms with Crippen LogP contribution in [0.4, 0.5) is 5.82 Å². The fraction of sp³-hybridized carbons (Fsp3) is 0.500. The zero-order valence-corrected chi connectivity index (χ0v) is 10.7. The van der Waals surface area contributed by atoms with Gasteiger partial charge in [0.2, 0.25) is 0 Å². The number of fused-ring (bicyclic) bond motifs is 1. The van der Waals surface area contributed by atoms with E-state index in [-0.39, 0.29) is 5.60 Å². The topological polar surface area (TPSA) is 62.8 Å². The van der Waals surface area contributed by atoms with Crippen LogP contribution in [0.1, 0.15) is 26.1 Å². The first-order valence-electron chi connectivity index (χ1n) is 5.73. The zero-order chi connectivity index (χ0) is 12.5. The molecule has 17 heavy (non-hydrogen) atoms. The summed E-state index contributed by atoms with van der Waals surface area (Å²) in [6, 6.07) is 3.89. The molecule has 1 atom stereocenters. The van der Waals surface area contributed by atoms with Crippen molar-refractivity contribution in [2.45, 2.75) is 25.9 Å². The molecule has 0 spiro atoms. The molecule has 5 heteroatoms. The fourth-order valence-electron chi connectivity index (χ4n) is 1.69. The summed E-state index contributed by atoms with van der Waals surface area (Å²) in [6.45, 7) is 4.09. The number of hydrogen-bond donors (Lipinski definition) is 2. The normalized spacial score (nSPS) is 14.8. The van der Waals surface area contributed by atoms with Gasteiger partial charge in [0.25, 0.3) is 0 Å². The van der Waals surface area contributed by atoms with E-state index in [0.29, 0.717) is 5.65 Å². The fourth-order valence-corrected chi connectivity index (χ4v) is 1.69. The van der Waals surface area contributed by atoms with Crippen LogP contribution < -0.4 is 5.32 Å². The van der Waals surface area contributed by atoms with Crippen molar-refractivity contribution in [2.75, 3.05) is 19.5 Å². The third kappa shape index (κ3) is 1.98. The molecular formula is C12H18N4O. The van der Waals surface area contributed by atoms with Gasteiger partial charge < -0.3 is 15.0 Å². The van der Waals surface area contributed by atoms with E-state index in [1.807, 2.05) is 26.1 Å². The lowest BCUT2D eigenvalue weighted by Gasteiger charge is -2.23. The second kappa shape index (κ2) is 4.33. The Balaban J connectivity index is 2.50. The van der Waals surface area contributed by atoms with Crippen molar-refractivity contribution in [3.05, 3.63) is 18.0 Å². The maximum absolute atomic E-state index is 5.52. The number of H-pyrrole nitrogens is 1. The molecule has 1 unspecified atom stereocenters. The number of aromatic nitrogens is 3. The Labute approximate surface area is 101 Å². The average Bonchev–Trinajstić information content (AvgIpc) is 2.80. The summed E-state index contributed by atoms with van der Waals surface area (Å²) in [5.74, 6) is 1.63. The molecule has 0 aliphatic carbocycles. The van der Waals surface area contributed by atoms with Gasteiger partial charge in [-0.2, -0.15) is 0 Å². The first kappa shape index (κ1) is 11.9. The third-order valence-corrected chi connectivity index (χ3v) is 3.23. The first-order valence-corrected chi connectivity index (χ1v) is 5.73. The molecule has 92 valence electrons. The minimum atomic E-state index is -0.388. The lowest BCUT2D eigenvalue weighted by atomic mass is 10.0. The number of hydrogen-bond acceptors (Lipinski definition) is 4. The number of imidazole rings is 1. The zero-order valence-electron chi connectivity index (χ0n) is 10.7. The molecule has 0 aliphatic rings. The van der Waals surface area contributed by atoms with Crippen LogP contribution in [0.5, 0.6) is 0 Å². The van der Waals surface area contributed by atoms with Gasteiger partial charge in [-0.1, -0.05) is 6.92 Å². The SMILES string of the molecule is CCC(C)(OC)c1nc2nc(NC)ccc2[nH]1. The van der Waals surface area contributed by atoms with E-state index in [0.717, 1.165) is 23.6 Å². The summed E-state index contributed by atoms with van der Waals surface area (Å²) >= 11 is 0. The number of anilines is 1. The summed E-state index contributed by atoms with van der Waals surface area (Å²) in [7, 11) is 3.54. The van der Waals surface area contributed by atoms with Crippen molar-refractivity contribution in [3.8, 4) is 0 Å². The summed E-state index contributed by atoms with van der Waals surface area (Å²) in [5.41, 5.74) is 1.25. The number of pyridine rings is 1. The summed E-state index contributed by atoms with van der Waals surface area (Å²) in [6.07, 6.45) is 0.849. The number of aromatic amines is 1. The van der Waals surface area contributed by atoms with Crippen LogP contribution in [0.3, 0.4) is 0 Å². The third-order valence-electron chi connectivity index (χ3n) is 3.23. The van der Waals surface area contributed by atoms with Gasteiger partial charge in [-0.15, -0.1) is 0 Å². The van der Waals surface area contributed by atoms with Gasteiger partial charge in [0.15, 0.2) is 5.65 Å². The molecule has 2 heterocycles. The van der Waals surface area contributed by atoms with E-state index in [4.69, 9.17) is 4.74 Å². The highest BCUT2D eigenvalue weighted by Crippen LogP contribution is 2.27. The number of rotatable bonds is 4. The Morgan fingerprint density at radius 2 is 2.18 bits per heavy atom. The van der Waals surface area contributed by atoms with Crippen LogP contribution in [0.25, 0.3) is 11.2 Å². The number of ether oxygens (including phenoxy) is 1. The van der Waals surface area contributed by atoms with Gasteiger partial charge in [0.1, 0.15) is 17.2 Å². The standard InChI is InChI=1S/C12H18N4O/c1-5-12(2,17-4)11-14-8-6-7-9(13-3)15-10(8)16-11/h6-7H,5H2,1-4H3,(H2,13,14,15,16). The predicted octanol–water partition coefficient (Wildman–Crippen LogP) is 2.27. The second-order valence-corrected chi connectivity index (χ2v) is 4.19. The molecule has 0 radical (unpaired) electrons. The molecule has 2 aromatic heterocycles. The quantitative estimate of drug-likeness (QED) is 0.851. The lowest BCUT2D eigenvalue weighted by Crippen LogP contribution is -2.24. The van der Waals surface area contributed by atoms with Crippen LogP contribution in [0.15, 0.2) is 12.1 Å². The number of methoxy groups -OCH3 is 1. The molecule has 0 aromatic carbocycles. The minimum Gasteiger partial charge on any atom is -0.373 e. The molecule has 2 N–H and O–H groups in total. The molecule has 0 amide bonds. The van der Waals surface area contributed by atoms with Crippen LogP contribution in [-0.2, 0) is 10.3 Å². The lowest BCUT2D eigenvalue weighted by molar-refractivity contribution is -0.00805. The smallest absolute Gasteiger partial charge is 0.179 e. The van der Waals surface area contributed by atoms with Crippen LogP contribution in [0.2, 0.25) is 0 Å². The van der Waals surface area contributed by atoms with E-state index in [9.17, 15) is 0 Å². The molecule has 0 aliphatic heterocycles.